The molecule has 16 unspecified atom stereocenters. The topological polar surface area (TPSA) is 191 Å². The molecule has 0 aromatic carbocycles. The van der Waals surface area contributed by atoms with Gasteiger partial charge in [0.1, 0.15) is 42.9 Å². The predicted molar refractivity (Wildman–Crippen MR) is 169 cm³/mol. The van der Waals surface area contributed by atoms with Gasteiger partial charge in [-0.1, -0.05) is 13.8 Å². The van der Waals surface area contributed by atoms with Crippen molar-refractivity contribution in [3.8, 4) is 0 Å². The summed E-state index contributed by atoms with van der Waals surface area (Å²) in [6, 6.07) is 0. The third-order valence-electron chi connectivity index (χ3n) is 14.1. The van der Waals surface area contributed by atoms with Gasteiger partial charge in [0, 0.05) is 42.3 Å². The first kappa shape index (κ1) is 35.9. The molecule has 276 valence electrons. The maximum atomic E-state index is 14.6. The molecule has 4 aliphatic carbocycles. The van der Waals surface area contributed by atoms with Crippen LogP contribution in [-0.2, 0) is 38.0 Å². The van der Waals surface area contributed by atoms with Crippen LogP contribution in [0.25, 0.3) is 0 Å². The Balaban J connectivity index is 1.00. The van der Waals surface area contributed by atoms with Crippen molar-refractivity contribution in [3.63, 3.8) is 0 Å². The van der Waals surface area contributed by atoms with Crippen molar-refractivity contribution in [1.29, 1.82) is 0 Å². The highest BCUT2D eigenvalue weighted by atomic mass is 16.7. The Labute approximate surface area is 287 Å². The Kier molecular flexibility index (Phi) is 9.41. The highest BCUT2D eigenvalue weighted by molar-refractivity contribution is 5.94. The molecule has 5 N–H and O–H groups in total. The average Bonchev–Trinajstić information content (AvgIpc) is 3.49. The van der Waals surface area contributed by atoms with E-state index in [4.69, 9.17) is 28.4 Å². The fourth-order valence-electron chi connectivity index (χ4n) is 11.3. The van der Waals surface area contributed by atoms with Crippen molar-refractivity contribution in [2.45, 2.75) is 152 Å². The maximum Gasteiger partial charge on any atom is 0.331 e. The van der Waals surface area contributed by atoms with Gasteiger partial charge in [-0.2, -0.15) is 0 Å². The van der Waals surface area contributed by atoms with E-state index in [9.17, 15) is 35.1 Å². The van der Waals surface area contributed by atoms with Gasteiger partial charge in [0.15, 0.2) is 12.6 Å². The number of ketones is 1. The molecular formula is C36H54O13. The van der Waals surface area contributed by atoms with Crippen molar-refractivity contribution < 1.29 is 63.5 Å². The molecule has 0 aromatic heterocycles. The van der Waals surface area contributed by atoms with Crippen LogP contribution in [0.3, 0.4) is 0 Å². The molecule has 0 aromatic rings. The Hall–Kier alpha value is -1.52. The van der Waals surface area contributed by atoms with E-state index in [0.29, 0.717) is 37.9 Å². The van der Waals surface area contributed by atoms with Crippen LogP contribution in [0.4, 0.5) is 0 Å². The van der Waals surface area contributed by atoms with Gasteiger partial charge in [-0.25, -0.2) is 4.79 Å². The summed E-state index contributed by atoms with van der Waals surface area (Å²) in [7, 11) is 1.54. The minimum Gasteiger partial charge on any atom is -0.458 e. The maximum absolute atomic E-state index is 14.6. The van der Waals surface area contributed by atoms with Gasteiger partial charge in [0.05, 0.1) is 30.5 Å². The van der Waals surface area contributed by atoms with Crippen LogP contribution in [0.15, 0.2) is 11.6 Å². The quantitative estimate of drug-likeness (QED) is 0.190. The lowest BCUT2D eigenvalue weighted by atomic mass is 9.36. The normalized spacial score (nSPS) is 53.0. The molecule has 13 nitrogen and oxygen atoms in total. The molecule has 3 aliphatic heterocycles. The number of fused-ring (bicyclic) bond motifs is 3. The SMILES string of the molecule is COC1CC(OC2CCC3(C)C4CCC5(C)C(=O)C4(CCC5C4=CC(=O)OC4)CCC3(O)C2)OC(C)C1OC1OC(CO)C(O)C(O)C1O. The highest BCUT2D eigenvalue weighted by Gasteiger charge is 2.71. The van der Waals surface area contributed by atoms with Crippen molar-refractivity contribution in [2.24, 2.45) is 28.1 Å². The molecule has 0 amide bonds. The van der Waals surface area contributed by atoms with Gasteiger partial charge >= 0.3 is 5.97 Å². The fraction of sp³-hybridized carbons (Fsp3) is 0.889. The number of hydrogen-bond acceptors (Lipinski definition) is 13. The van der Waals surface area contributed by atoms with Crippen LogP contribution in [0.2, 0.25) is 0 Å². The lowest BCUT2D eigenvalue weighted by Gasteiger charge is -2.68. The zero-order chi connectivity index (χ0) is 35.1. The first-order valence-electron chi connectivity index (χ1n) is 18.1. The van der Waals surface area contributed by atoms with E-state index in [-0.39, 0.29) is 30.5 Å². The Morgan fingerprint density at radius 3 is 2.41 bits per heavy atom. The second-order valence-electron chi connectivity index (χ2n) is 16.4. The number of Topliss-reactive ketones (excluding diaryl/α,β-unsaturated/α-hetero) is 1. The molecule has 16 atom stereocenters. The largest absolute Gasteiger partial charge is 0.458 e. The van der Waals surface area contributed by atoms with E-state index < -0.39 is 83.8 Å². The summed E-state index contributed by atoms with van der Waals surface area (Å²) in [4.78, 5) is 26.4. The summed E-state index contributed by atoms with van der Waals surface area (Å²) in [5, 5.41) is 52.9. The number of carbonyl (C=O) groups is 2. The lowest BCUT2D eigenvalue weighted by Crippen LogP contribution is -2.69. The third-order valence-corrected chi connectivity index (χ3v) is 14.1. The molecule has 3 heterocycles. The van der Waals surface area contributed by atoms with Crippen molar-refractivity contribution >= 4 is 11.8 Å². The van der Waals surface area contributed by atoms with E-state index in [0.717, 1.165) is 37.7 Å². The average molecular weight is 695 g/mol. The predicted octanol–water partition coefficient (Wildman–Crippen LogP) is 1.29. The van der Waals surface area contributed by atoms with Crippen molar-refractivity contribution in [1.82, 2.24) is 0 Å². The molecule has 7 aliphatic rings. The summed E-state index contributed by atoms with van der Waals surface area (Å²) in [6.45, 7) is 5.78. The standard InChI is InChI=1S/C36H54O13/c1-18-30(49-31-29(41)28(40)27(39)23(16-37)48-31)22(44-4)14-26(46-18)47-20-5-9-34(3)24-7-8-33(2)21(19-13-25(38)45-17-19)6-10-35(24,32(33)42)11-12-36(34,43)15-20/h13,18,20-24,26-31,37,39-41,43H,5-12,14-17H2,1-4H3. The number of rotatable bonds is 7. The third kappa shape index (κ3) is 5.57. The smallest absolute Gasteiger partial charge is 0.331 e. The molecule has 6 fully saturated rings. The molecule has 0 radical (unpaired) electrons. The van der Waals surface area contributed by atoms with Crippen molar-refractivity contribution in [3.05, 3.63) is 11.6 Å². The number of esters is 1. The van der Waals surface area contributed by atoms with E-state index in [2.05, 4.69) is 13.8 Å². The number of methoxy groups -OCH3 is 1. The number of aliphatic hydroxyl groups is 5. The summed E-state index contributed by atoms with van der Waals surface area (Å²) < 4.78 is 35.4. The zero-order valence-corrected chi connectivity index (χ0v) is 29.0. The molecule has 2 bridgehead atoms. The van der Waals surface area contributed by atoms with Crippen LogP contribution >= 0.6 is 0 Å². The van der Waals surface area contributed by atoms with Crippen LogP contribution in [0, 0.1) is 28.1 Å². The van der Waals surface area contributed by atoms with Gasteiger partial charge in [-0.3, -0.25) is 4.79 Å². The second kappa shape index (κ2) is 12.9. The second-order valence-corrected chi connectivity index (χ2v) is 16.4. The van der Waals surface area contributed by atoms with Crippen LogP contribution in [0.5, 0.6) is 0 Å². The van der Waals surface area contributed by atoms with Crippen LogP contribution in [-0.4, -0.2) is 125 Å². The Bertz CT molecular complexity index is 1320. The molecule has 4 saturated carbocycles. The molecular weight excluding hydrogens is 640 g/mol. The van der Waals surface area contributed by atoms with Gasteiger partial charge in [0.25, 0.3) is 0 Å². The van der Waals surface area contributed by atoms with E-state index in [1.165, 1.54) is 7.11 Å². The minimum absolute atomic E-state index is 0.0202. The molecule has 2 saturated heterocycles. The number of hydrogen-bond donors (Lipinski definition) is 5. The Morgan fingerprint density at radius 1 is 0.939 bits per heavy atom. The molecule has 49 heavy (non-hydrogen) atoms. The molecule has 7 rings (SSSR count). The summed E-state index contributed by atoms with van der Waals surface area (Å²) in [6.07, 6.45) is -1.56. The van der Waals surface area contributed by atoms with Gasteiger partial charge in [0.2, 0.25) is 0 Å². The first-order valence-corrected chi connectivity index (χ1v) is 18.1. The highest BCUT2D eigenvalue weighted by Crippen LogP contribution is 2.71. The van der Waals surface area contributed by atoms with E-state index in [1.807, 2.05) is 0 Å². The van der Waals surface area contributed by atoms with E-state index in [1.54, 1.807) is 13.0 Å². The minimum atomic E-state index is -1.56. The first-order chi connectivity index (χ1) is 23.2. The fourth-order valence-corrected chi connectivity index (χ4v) is 11.3. The van der Waals surface area contributed by atoms with Crippen molar-refractivity contribution in [2.75, 3.05) is 20.3 Å². The van der Waals surface area contributed by atoms with Crippen LogP contribution < -0.4 is 0 Å². The summed E-state index contributed by atoms with van der Waals surface area (Å²) in [5.74, 6) is 0.0824. The van der Waals surface area contributed by atoms with Gasteiger partial charge in [-0.05, 0) is 75.7 Å². The number of carbonyl (C=O) groups excluding carboxylic acids is 2. The zero-order valence-electron chi connectivity index (χ0n) is 29.0. The van der Waals surface area contributed by atoms with Gasteiger partial charge in [-0.15, -0.1) is 0 Å². The number of ether oxygens (including phenoxy) is 6. The lowest BCUT2D eigenvalue weighted by molar-refractivity contribution is -0.347. The monoisotopic (exact) mass is 694 g/mol. The molecule has 1 spiro atoms. The van der Waals surface area contributed by atoms with E-state index >= 15 is 0 Å². The number of cyclic esters (lactones) is 1. The van der Waals surface area contributed by atoms with Crippen LogP contribution in [0.1, 0.15) is 85.0 Å². The van der Waals surface area contributed by atoms with Gasteiger partial charge < -0.3 is 54.0 Å². The summed E-state index contributed by atoms with van der Waals surface area (Å²) >= 11 is 0. The molecule has 13 heteroatoms. The summed E-state index contributed by atoms with van der Waals surface area (Å²) in [5.41, 5.74) is -1.49. The number of aliphatic hydroxyl groups excluding tert-OH is 4. The Morgan fingerprint density at radius 2 is 1.71 bits per heavy atom.